The molecule has 2 aromatic rings. The van der Waals surface area contributed by atoms with Crippen molar-refractivity contribution in [1.82, 2.24) is 0 Å². The van der Waals surface area contributed by atoms with Crippen molar-refractivity contribution in [3.05, 3.63) is 64.7 Å². The number of halogens is 1. The van der Waals surface area contributed by atoms with E-state index >= 15 is 0 Å². The quantitative estimate of drug-likeness (QED) is 0.640. The molecule has 4 heteroatoms. The van der Waals surface area contributed by atoms with Gasteiger partial charge in [0.2, 0.25) is 0 Å². The summed E-state index contributed by atoms with van der Waals surface area (Å²) in [5.41, 5.74) is 8.31. The first-order valence-corrected chi connectivity index (χ1v) is 7.72. The summed E-state index contributed by atoms with van der Waals surface area (Å²) in [6.45, 7) is 2.28. The molecule has 1 unspecified atom stereocenters. The van der Waals surface area contributed by atoms with Crippen LogP contribution in [0.1, 0.15) is 24.5 Å². The lowest BCUT2D eigenvalue weighted by molar-refractivity contribution is -0.150. The van der Waals surface area contributed by atoms with E-state index in [9.17, 15) is 4.79 Å². The van der Waals surface area contributed by atoms with Crippen LogP contribution in [-0.2, 0) is 22.6 Å². The highest BCUT2D eigenvalue weighted by Crippen LogP contribution is 2.22. The highest BCUT2D eigenvalue weighted by atomic mass is 35.5. The van der Waals surface area contributed by atoms with Gasteiger partial charge in [-0.05, 0) is 36.1 Å². The molecule has 0 amide bonds. The second-order valence-corrected chi connectivity index (χ2v) is 5.67. The van der Waals surface area contributed by atoms with E-state index in [0.29, 0.717) is 23.7 Å². The first kappa shape index (κ1) is 16.4. The number of nitrogen functional groups attached to an aromatic ring is 1. The summed E-state index contributed by atoms with van der Waals surface area (Å²) in [7, 11) is 0. The Bertz CT molecular complexity index is 628. The number of benzene rings is 2. The second-order valence-electron chi connectivity index (χ2n) is 5.26. The van der Waals surface area contributed by atoms with Crippen molar-refractivity contribution < 1.29 is 9.53 Å². The van der Waals surface area contributed by atoms with E-state index in [1.807, 2.05) is 49.4 Å². The summed E-state index contributed by atoms with van der Waals surface area (Å²) in [5, 5.41) is 0.531. The predicted octanol–water partition coefficient (Wildman–Crippen LogP) is 4.23. The smallest absolute Gasteiger partial charge is 0.309 e. The van der Waals surface area contributed by atoms with Crippen LogP contribution in [0.4, 0.5) is 5.69 Å². The Morgan fingerprint density at radius 1 is 1.18 bits per heavy atom. The maximum Gasteiger partial charge on any atom is 0.309 e. The summed E-state index contributed by atoms with van der Waals surface area (Å²) in [6.07, 6.45) is 1.32. The van der Waals surface area contributed by atoms with Crippen LogP contribution in [0.2, 0.25) is 5.02 Å². The maximum absolute atomic E-state index is 12.2. The topological polar surface area (TPSA) is 52.3 Å². The molecule has 0 saturated heterocycles. The molecule has 116 valence electrons. The fourth-order valence-electron chi connectivity index (χ4n) is 2.25. The first-order valence-electron chi connectivity index (χ1n) is 7.34. The number of rotatable bonds is 6. The molecule has 0 aliphatic rings. The minimum Gasteiger partial charge on any atom is -0.461 e. The predicted molar refractivity (Wildman–Crippen MR) is 89.6 cm³/mol. The van der Waals surface area contributed by atoms with Crippen LogP contribution in [0.3, 0.4) is 0 Å². The van der Waals surface area contributed by atoms with E-state index in [-0.39, 0.29) is 11.9 Å². The lowest BCUT2D eigenvalue weighted by Crippen LogP contribution is -2.19. The lowest BCUT2D eigenvalue weighted by atomic mass is 9.97. The fourth-order valence-corrected chi connectivity index (χ4v) is 2.36. The van der Waals surface area contributed by atoms with Gasteiger partial charge in [-0.15, -0.1) is 0 Å². The van der Waals surface area contributed by atoms with Gasteiger partial charge in [0.15, 0.2) is 0 Å². The van der Waals surface area contributed by atoms with Crippen LogP contribution >= 0.6 is 11.6 Å². The number of ether oxygens (including phenoxy) is 1. The van der Waals surface area contributed by atoms with Crippen LogP contribution in [0.5, 0.6) is 0 Å². The number of carbonyl (C=O) groups excluding carboxylic acids is 1. The van der Waals surface area contributed by atoms with Crippen LogP contribution in [0.15, 0.2) is 48.5 Å². The molecular formula is C18H20ClNO2. The van der Waals surface area contributed by atoms with Crippen molar-refractivity contribution in [2.24, 2.45) is 5.92 Å². The highest BCUT2D eigenvalue weighted by molar-refractivity contribution is 6.33. The zero-order valence-corrected chi connectivity index (χ0v) is 13.3. The zero-order valence-electron chi connectivity index (χ0n) is 12.6. The van der Waals surface area contributed by atoms with Gasteiger partial charge in [-0.2, -0.15) is 0 Å². The summed E-state index contributed by atoms with van der Waals surface area (Å²) in [4.78, 5) is 12.2. The minimum absolute atomic E-state index is 0.177. The third kappa shape index (κ3) is 4.50. The average Bonchev–Trinajstić information content (AvgIpc) is 2.54. The summed E-state index contributed by atoms with van der Waals surface area (Å²) in [6, 6.07) is 15.1. The second kappa shape index (κ2) is 7.85. The molecule has 0 bridgehead atoms. The van der Waals surface area contributed by atoms with E-state index in [4.69, 9.17) is 22.1 Å². The van der Waals surface area contributed by atoms with Crippen molar-refractivity contribution >= 4 is 23.3 Å². The van der Waals surface area contributed by atoms with Gasteiger partial charge >= 0.3 is 5.97 Å². The molecule has 0 aliphatic heterocycles. The molecule has 0 radical (unpaired) electrons. The average molecular weight is 318 g/mol. The summed E-state index contributed by atoms with van der Waals surface area (Å²) >= 11 is 5.91. The van der Waals surface area contributed by atoms with Gasteiger partial charge < -0.3 is 10.5 Å². The largest absolute Gasteiger partial charge is 0.461 e. The summed E-state index contributed by atoms with van der Waals surface area (Å²) < 4.78 is 5.41. The standard InChI is InChI=1S/C18H20ClNO2/c1-2-15(10-14-8-9-16(19)17(20)11-14)18(21)22-12-13-6-4-3-5-7-13/h3-9,11,15H,2,10,12,20H2,1H3. The molecule has 0 heterocycles. The van der Waals surface area contributed by atoms with E-state index < -0.39 is 0 Å². The molecule has 0 spiro atoms. The fraction of sp³-hybridized carbons (Fsp3) is 0.278. The van der Waals surface area contributed by atoms with E-state index in [2.05, 4.69) is 0 Å². The Labute approximate surface area is 136 Å². The van der Waals surface area contributed by atoms with Gasteiger partial charge in [0.25, 0.3) is 0 Å². The highest BCUT2D eigenvalue weighted by Gasteiger charge is 2.19. The molecule has 1 atom stereocenters. The lowest BCUT2D eigenvalue weighted by Gasteiger charge is -2.15. The van der Waals surface area contributed by atoms with Gasteiger partial charge in [0.05, 0.1) is 16.6 Å². The van der Waals surface area contributed by atoms with Crippen molar-refractivity contribution in [3.63, 3.8) is 0 Å². The van der Waals surface area contributed by atoms with Crippen molar-refractivity contribution in [3.8, 4) is 0 Å². The van der Waals surface area contributed by atoms with Crippen LogP contribution in [0.25, 0.3) is 0 Å². The van der Waals surface area contributed by atoms with Crippen molar-refractivity contribution in [1.29, 1.82) is 0 Å². The number of anilines is 1. The van der Waals surface area contributed by atoms with Crippen LogP contribution in [-0.4, -0.2) is 5.97 Å². The van der Waals surface area contributed by atoms with Crippen molar-refractivity contribution in [2.45, 2.75) is 26.4 Å². The van der Waals surface area contributed by atoms with E-state index in [0.717, 1.165) is 17.5 Å². The first-order chi connectivity index (χ1) is 10.6. The van der Waals surface area contributed by atoms with Crippen LogP contribution < -0.4 is 5.73 Å². The van der Waals surface area contributed by atoms with Crippen molar-refractivity contribution in [2.75, 3.05) is 5.73 Å². The molecule has 22 heavy (non-hydrogen) atoms. The van der Waals surface area contributed by atoms with E-state index in [1.165, 1.54) is 0 Å². The summed E-state index contributed by atoms with van der Waals surface area (Å²) in [5.74, 6) is -0.357. The van der Waals surface area contributed by atoms with Gasteiger partial charge in [-0.1, -0.05) is 54.9 Å². The van der Waals surface area contributed by atoms with Gasteiger partial charge in [0, 0.05) is 0 Å². The van der Waals surface area contributed by atoms with E-state index in [1.54, 1.807) is 6.07 Å². The molecule has 2 rings (SSSR count). The Morgan fingerprint density at radius 3 is 2.55 bits per heavy atom. The number of esters is 1. The molecule has 2 aromatic carbocycles. The molecule has 0 aliphatic carbocycles. The molecular weight excluding hydrogens is 298 g/mol. The number of hydrogen-bond donors (Lipinski definition) is 1. The number of hydrogen-bond acceptors (Lipinski definition) is 3. The molecule has 3 nitrogen and oxygen atoms in total. The van der Waals surface area contributed by atoms with Gasteiger partial charge in [0.1, 0.15) is 6.61 Å². The zero-order chi connectivity index (χ0) is 15.9. The molecule has 2 N–H and O–H groups in total. The normalized spacial score (nSPS) is 11.9. The third-order valence-corrected chi connectivity index (χ3v) is 3.94. The minimum atomic E-state index is -0.181. The monoisotopic (exact) mass is 317 g/mol. The van der Waals surface area contributed by atoms with Gasteiger partial charge in [-0.3, -0.25) is 4.79 Å². The Hall–Kier alpha value is -2.00. The number of nitrogens with two attached hydrogens (primary N) is 1. The SMILES string of the molecule is CCC(Cc1ccc(Cl)c(N)c1)C(=O)OCc1ccccc1. The molecule has 0 saturated carbocycles. The van der Waals surface area contributed by atoms with Gasteiger partial charge in [-0.25, -0.2) is 0 Å². The molecule has 0 fully saturated rings. The van der Waals surface area contributed by atoms with Crippen LogP contribution in [0, 0.1) is 5.92 Å². The molecule has 0 aromatic heterocycles. The Morgan fingerprint density at radius 2 is 1.91 bits per heavy atom. The Balaban J connectivity index is 1.95. The third-order valence-electron chi connectivity index (χ3n) is 3.59. The Kier molecular flexibility index (Phi) is 5.84. The maximum atomic E-state index is 12.2. The number of carbonyl (C=O) groups is 1.